The molecular formula is C18H13IO2. The van der Waals surface area contributed by atoms with Crippen molar-refractivity contribution in [2.24, 2.45) is 0 Å². The van der Waals surface area contributed by atoms with Gasteiger partial charge >= 0.3 is 0 Å². The van der Waals surface area contributed by atoms with E-state index in [-0.39, 0.29) is 5.43 Å². The predicted octanol–water partition coefficient (Wildman–Crippen LogP) is 4.89. The van der Waals surface area contributed by atoms with Crippen molar-refractivity contribution in [1.29, 1.82) is 0 Å². The van der Waals surface area contributed by atoms with Crippen LogP contribution >= 0.6 is 22.6 Å². The van der Waals surface area contributed by atoms with Crippen LogP contribution in [0.5, 0.6) is 0 Å². The molecule has 2 nitrogen and oxygen atoms in total. The molecule has 3 rings (SSSR count). The SMILES string of the molecule is Cc1ccc(-c2oc(-c3ccccc3)cc(=O)c2I)cc1. The maximum atomic E-state index is 12.2. The molecular weight excluding hydrogens is 375 g/mol. The second-order valence-corrected chi connectivity index (χ2v) is 5.93. The second-order valence-electron chi connectivity index (χ2n) is 4.85. The molecule has 0 spiro atoms. The number of hydrogen-bond donors (Lipinski definition) is 0. The first kappa shape index (κ1) is 14.1. The Kier molecular flexibility index (Phi) is 3.92. The topological polar surface area (TPSA) is 30.2 Å². The number of halogens is 1. The molecule has 104 valence electrons. The van der Waals surface area contributed by atoms with Crippen LogP contribution < -0.4 is 5.43 Å². The second kappa shape index (κ2) is 5.85. The summed E-state index contributed by atoms with van der Waals surface area (Å²) in [5.41, 5.74) is 2.98. The first-order chi connectivity index (χ1) is 10.1. The fourth-order valence-corrected chi connectivity index (χ4v) is 2.69. The molecule has 3 aromatic rings. The highest BCUT2D eigenvalue weighted by Gasteiger charge is 2.12. The lowest BCUT2D eigenvalue weighted by atomic mass is 10.1. The van der Waals surface area contributed by atoms with Crippen LogP contribution in [0.4, 0.5) is 0 Å². The Morgan fingerprint density at radius 1 is 0.905 bits per heavy atom. The van der Waals surface area contributed by atoms with Crippen LogP contribution in [0.25, 0.3) is 22.6 Å². The summed E-state index contributed by atoms with van der Waals surface area (Å²) < 4.78 is 6.60. The molecule has 0 saturated carbocycles. The highest BCUT2D eigenvalue weighted by Crippen LogP contribution is 2.28. The van der Waals surface area contributed by atoms with Gasteiger partial charge in [-0.3, -0.25) is 4.79 Å². The molecule has 0 bridgehead atoms. The van der Waals surface area contributed by atoms with Gasteiger partial charge in [-0.25, -0.2) is 0 Å². The minimum Gasteiger partial charge on any atom is -0.455 e. The molecule has 2 aromatic carbocycles. The van der Waals surface area contributed by atoms with Gasteiger partial charge in [0, 0.05) is 17.2 Å². The molecule has 21 heavy (non-hydrogen) atoms. The van der Waals surface area contributed by atoms with Gasteiger partial charge in [-0.2, -0.15) is 0 Å². The lowest BCUT2D eigenvalue weighted by Crippen LogP contribution is -2.06. The summed E-state index contributed by atoms with van der Waals surface area (Å²) in [5.74, 6) is 1.22. The highest BCUT2D eigenvalue weighted by molar-refractivity contribution is 14.1. The van der Waals surface area contributed by atoms with Gasteiger partial charge in [-0.05, 0) is 29.5 Å². The van der Waals surface area contributed by atoms with Crippen LogP contribution in [-0.2, 0) is 0 Å². The normalized spacial score (nSPS) is 10.6. The standard InChI is InChI=1S/C18H13IO2/c1-12-7-9-14(10-8-12)18-17(19)15(20)11-16(21-18)13-5-3-2-4-6-13/h2-11H,1H3. The summed E-state index contributed by atoms with van der Waals surface area (Å²) in [5, 5.41) is 0. The van der Waals surface area contributed by atoms with Crippen molar-refractivity contribution in [3.8, 4) is 22.6 Å². The van der Waals surface area contributed by atoms with E-state index in [0.717, 1.165) is 11.1 Å². The van der Waals surface area contributed by atoms with Crippen molar-refractivity contribution < 1.29 is 4.42 Å². The van der Waals surface area contributed by atoms with Crippen molar-refractivity contribution in [2.75, 3.05) is 0 Å². The Morgan fingerprint density at radius 3 is 2.24 bits per heavy atom. The molecule has 0 N–H and O–H groups in total. The Balaban J connectivity index is 2.19. The molecule has 0 unspecified atom stereocenters. The van der Waals surface area contributed by atoms with Gasteiger partial charge in [0.05, 0.1) is 0 Å². The van der Waals surface area contributed by atoms with Crippen molar-refractivity contribution in [1.82, 2.24) is 0 Å². The van der Waals surface area contributed by atoms with Crippen molar-refractivity contribution >= 4 is 22.6 Å². The average Bonchev–Trinajstić information content (AvgIpc) is 2.52. The summed E-state index contributed by atoms with van der Waals surface area (Å²) in [6.45, 7) is 2.03. The van der Waals surface area contributed by atoms with Gasteiger partial charge in [0.15, 0.2) is 11.2 Å². The minimum atomic E-state index is -0.0173. The lowest BCUT2D eigenvalue weighted by Gasteiger charge is -2.07. The van der Waals surface area contributed by atoms with Gasteiger partial charge < -0.3 is 4.42 Å². The number of rotatable bonds is 2. The van der Waals surface area contributed by atoms with Crippen LogP contribution in [0.15, 0.2) is 69.9 Å². The first-order valence-electron chi connectivity index (χ1n) is 6.61. The van der Waals surface area contributed by atoms with E-state index < -0.39 is 0 Å². The number of benzene rings is 2. The molecule has 0 aliphatic rings. The molecule has 0 aliphatic heterocycles. The van der Waals surface area contributed by atoms with E-state index in [2.05, 4.69) is 0 Å². The van der Waals surface area contributed by atoms with E-state index >= 15 is 0 Å². The molecule has 0 amide bonds. The van der Waals surface area contributed by atoms with Crippen molar-refractivity contribution in [3.05, 3.63) is 80.0 Å². The van der Waals surface area contributed by atoms with Crippen LogP contribution in [-0.4, -0.2) is 0 Å². The zero-order valence-electron chi connectivity index (χ0n) is 11.5. The highest BCUT2D eigenvalue weighted by atomic mass is 127. The summed E-state index contributed by atoms with van der Waals surface area (Å²) in [4.78, 5) is 12.2. The van der Waals surface area contributed by atoms with Gasteiger partial charge in [-0.1, -0.05) is 60.2 Å². The maximum absolute atomic E-state index is 12.2. The van der Waals surface area contributed by atoms with E-state index in [1.807, 2.05) is 84.1 Å². The third kappa shape index (κ3) is 2.93. The summed E-state index contributed by atoms with van der Waals surface area (Å²) >= 11 is 2.05. The number of aryl methyl sites for hydroxylation is 1. The van der Waals surface area contributed by atoms with Crippen LogP contribution in [0, 0.1) is 10.5 Å². The molecule has 0 aliphatic carbocycles. The smallest absolute Gasteiger partial charge is 0.199 e. The Morgan fingerprint density at radius 2 is 1.57 bits per heavy atom. The van der Waals surface area contributed by atoms with Crippen LogP contribution in [0.1, 0.15) is 5.56 Å². The number of hydrogen-bond acceptors (Lipinski definition) is 2. The third-order valence-electron chi connectivity index (χ3n) is 3.26. The van der Waals surface area contributed by atoms with Gasteiger partial charge in [0.2, 0.25) is 0 Å². The molecule has 0 atom stereocenters. The minimum absolute atomic E-state index is 0.0173. The van der Waals surface area contributed by atoms with Gasteiger partial charge in [-0.15, -0.1) is 0 Å². The molecule has 1 heterocycles. The quantitative estimate of drug-likeness (QED) is 0.586. The Bertz CT molecular complexity index is 818. The predicted molar refractivity (Wildman–Crippen MR) is 93.3 cm³/mol. The summed E-state index contributed by atoms with van der Waals surface area (Å²) in [6.07, 6.45) is 0. The average molecular weight is 388 g/mol. The Hall–Kier alpha value is -1.88. The van der Waals surface area contributed by atoms with E-state index in [1.54, 1.807) is 6.07 Å². The van der Waals surface area contributed by atoms with Crippen molar-refractivity contribution in [2.45, 2.75) is 6.92 Å². The molecule has 1 aromatic heterocycles. The monoisotopic (exact) mass is 388 g/mol. The van der Waals surface area contributed by atoms with Crippen LogP contribution in [0.3, 0.4) is 0 Å². The van der Waals surface area contributed by atoms with E-state index in [9.17, 15) is 4.79 Å². The van der Waals surface area contributed by atoms with E-state index in [0.29, 0.717) is 15.1 Å². The first-order valence-corrected chi connectivity index (χ1v) is 7.69. The van der Waals surface area contributed by atoms with Gasteiger partial charge in [0.1, 0.15) is 9.33 Å². The maximum Gasteiger partial charge on any atom is 0.199 e. The van der Waals surface area contributed by atoms with Gasteiger partial charge in [0.25, 0.3) is 0 Å². The third-order valence-corrected chi connectivity index (χ3v) is 4.28. The van der Waals surface area contributed by atoms with Crippen LogP contribution in [0.2, 0.25) is 0 Å². The molecule has 3 heteroatoms. The largest absolute Gasteiger partial charge is 0.455 e. The lowest BCUT2D eigenvalue weighted by molar-refractivity contribution is 0.576. The Labute approximate surface area is 136 Å². The van der Waals surface area contributed by atoms with E-state index in [1.165, 1.54) is 5.56 Å². The van der Waals surface area contributed by atoms with E-state index in [4.69, 9.17) is 4.42 Å². The molecule has 0 saturated heterocycles. The zero-order valence-corrected chi connectivity index (χ0v) is 13.6. The fourth-order valence-electron chi connectivity index (χ4n) is 2.11. The molecule has 0 fully saturated rings. The fraction of sp³-hybridized carbons (Fsp3) is 0.0556. The zero-order chi connectivity index (χ0) is 14.8. The van der Waals surface area contributed by atoms with Crippen molar-refractivity contribution in [3.63, 3.8) is 0 Å². The summed E-state index contributed by atoms with van der Waals surface area (Å²) in [7, 11) is 0. The summed E-state index contributed by atoms with van der Waals surface area (Å²) in [6, 6.07) is 19.2. The molecule has 0 radical (unpaired) electrons.